The molecule has 22 heteroatoms. The number of rotatable bonds is 24. The molecule has 5 heterocycles. The van der Waals surface area contributed by atoms with Crippen LogP contribution in [0, 0.1) is 5.92 Å². The molecule has 0 spiro atoms. The monoisotopic (exact) mass is 1130 g/mol. The van der Waals surface area contributed by atoms with Crippen molar-refractivity contribution in [3.8, 4) is 28.4 Å². The number of amides is 3. The molecule has 3 amide bonds. The van der Waals surface area contributed by atoms with Gasteiger partial charge in [-0.1, -0.05) is 79.0 Å². The lowest BCUT2D eigenvalue weighted by Gasteiger charge is -2.40. The van der Waals surface area contributed by atoms with E-state index in [2.05, 4.69) is 35.5 Å². The van der Waals surface area contributed by atoms with Gasteiger partial charge in [-0.3, -0.25) is 19.2 Å². The number of likely N-dealkylation sites (N-methyl/N-ethyl adjacent to an activating group) is 1. The van der Waals surface area contributed by atoms with Gasteiger partial charge in [0.1, 0.15) is 34.1 Å². The molecule has 1 aliphatic carbocycles. The molecule has 3 fully saturated rings. The number of nitrogens with zero attached hydrogens (tertiary/aromatic N) is 6. The van der Waals surface area contributed by atoms with E-state index in [1.807, 2.05) is 40.6 Å². The summed E-state index contributed by atoms with van der Waals surface area (Å²) in [5.41, 5.74) is 2.60. The number of alkyl halides is 3. The second-order valence-corrected chi connectivity index (χ2v) is 22.0. The van der Waals surface area contributed by atoms with Crippen LogP contribution in [0.2, 0.25) is 0 Å². The van der Waals surface area contributed by atoms with Crippen LogP contribution in [0.5, 0.6) is 5.75 Å². The summed E-state index contributed by atoms with van der Waals surface area (Å²) in [7, 11) is 1.73. The number of carbonyl (C=O) groups excluding carboxylic acids is 4. The molecule has 17 nitrogen and oxygen atoms in total. The van der Waals surface area contributed by atoms with Gasteiger partial charge in [-0.15, -0.1) is 22.7 Å². The number of nitrogens with one attached hydrogen (secondary N) is 3. The van der Waals surface area contributed by atoms with Crippen molar-refractivity contribution in [1.29, 1.82) is 0 Å². The van der Waals surface area contributed by atoms with Gasteiger partial charge in [0, 0.05) is 58.1 Å². The normalized spacial score (nSPS) is 17.8. The quantitative estimate of drug-likeness (QED) is 0.0383. The number of hydrogen-bond acceptors (Lipinski definition) is 16. The predicted octanol–water partition coefficient (Wildman–Crippen LogP) is 8.78. The summed E-state index contributed by atoms with van der Waals surface area (Å²) in [5.74, 6) is -2.02. The van der Waals surface area contributed by atoms with E-state index in [-0.39, 0.29) is 59.0 Å². The van der Waals surface area contributed by atoms with E-state index in [4.69, 9.17) is 24.2 Å². The number of benzene rings is 3. The number of likely N-dealkylation sites (tertiary alicyclic amines) is 2. The van der Waals surface area contributed by atoms with Crippen LogP contribution in [0.4, 0.5) is 13.2 Å². The maximum Gasteiger partial charge on any atom is 0.471 e. The zero-order valence-electron chi connectivity index (χ0n) is 44.3. The van der Waals surface area contributed by atoms with Crippen LogP contribution in [0.15, 0.2) is 94.1 Å². The first-order chi connectivity index (χ1) is 38.3. The SMILES string of the molecule is CN[C@@H](C)C(=O)N[C@H](C(=O)N1CCC[C@H]1c1nc(C(=O)c2cccc(OCCOCCOCCN3CCC(CNC(=O)c4cccc(-c5noc(C(F)(F)F)n5)c4)(c4nc(-c5ccccc5)cs4)CC3)c2)cs1)C1CCCCC1. The Kier molecular flexibility index (Phi) is 19.3. The molecule has 3 aromatic heterocycles. The fraction of sp³-hybridized carbons (Fsp3) is 0.474. The van der Waals surface area contributed by atoms with Crippen molar-refractivity contribution < 1.29 is 51.1 Å². The van der Waals surface area contributed by atoms with Gasteiger partial charge >= 0.3 is 12.1 Å². The molecule has 3 aliphatic rings. The van der Waals surface area contributed by atoms with Crippen molar-refractivity contribution in [3.05, 3.63) is 122 Å². The molecule has 3 atom stereocenters. The first-order valence-electron chi connectivity index (χ1n) is 27.0. The molecule has 0 radical (unpaired) electrons. The van der Waals surface area contributed by atoms with Crippen LogP contribution in [0.25, 0.3) is 22.6 Å². The average Bonchev–Trinajstić information content (AvgIpc) is 4.43. The number of ketones is 1. The second kappa shape index (κ2) is 26.7. The Morgan fingerprint density at radius 2 is 1.53 bits per heavy atom. The first kappa shape index (κ1) is 57.3. The summed E-state index contributed by atoms with van der Waals surface area (Å²) in [6, 6.07) is 21.7. The highest BCUT2D eigenvalue weighted by Gasteiger charge is 2.42. The number of thiazole rings is 2. The highest BCUT2D eigenvalue weighted by molar-refractivity contribution is 7.10. The third-order valence-corrected chi connectivity index (χ3v) is 17.1. The molecule has 420 valence electrons. The lowest BCUT2D eigenvalue weighted by atomic mass is 9.78. The molecule has 0 bridgehead atoms. The van der Waals surface area contributed by atoms with Crippen molar-refractivity contribution >= 4 is 46.2 Å². The van der Waals surface area contributed by atoms with Crippen LogP contribution in [-0.4, -0.2) is 138 Å². The minimum Gasteiger partial charge on any atom is -0.491 e. The van der Waals surface area contributed by atoms with E-state index < -0.39 is 29.6 Å². The van der Waals surface area contributed by atoms with E-state index in [9.17, 15) is 32.3 Å². The average molecular weight is 1130 g/mol. The van der Waals surface area contributed by atoms with Crippen molar-refractivity contribution in [3.63, 3.8) is 0 Å². The molecule has 1 saturated carbocycles. The van der Waals surface area contributed by atoms with Crippen molar-refractivity contribution in [2.24, 2.45) is 5.92 Å². The molecule has 2 aliphatic heterocycles. The van der Waals surface area contributed by atoms with E-state index in [1.165, 1.54) is 23.5 Å². The Bertz CT molecular complexity index is 2990. The molecular formula is C57H66F3N9O8S2. The lowest BCUT2D eigenvalue weighted by molar-refractivity contribution is -0.159. The smallest absolute Gasteiger partial charge is 0.471 e. The third-order valence-electron chi connectivity index (χ3n) is 15.1. The summed E-state index contributed by atoms with van der Waals surface area (Å²) in [5, 5.41) is 18.0. The number of hydrogen-bond donors (Lipinski definition) is 3. The number of piperidine rings is 1. The first-order valence-corrected chi connectivity index (χ1v) is 28.7. The Hall–Kier alpha value is -6.43. The maximum absolute atomic E-state index is 14.2. The second-order valence-electron chi connectivity index (χ2n) is 20.3. The molecule has 2 saturated heterocycles. The topological polar surface area (TPSA) is 203 Å². The summed E-state index contributed by atoms with van der Waals surface area (Å²) >= 11 is 2.94. The summed E-state index contributed by atoms with van der Waals surface area (Å²) < 4.78 is 61.5. The fourth-order valence-electron chi connectivity index (χ4n) is 10.4. The Labute approximate surface area is 465 Å². The van der Waals surface area contributed by atoms with Crippen LogP contribution in [0.3, 0.4) is 0 Å². The van der Waals surface area contributed by atoms with Crippen molar-refractivity contribution in [2.75, 3.05) is 72.8 Å². The Balaban J connectivity index is 0.707. The summed E-state index contributed by atoms with van der Waals surface area (Å²) in [6.45, 7) is 6.67. The molecule has 6 aromatic rings. The lowest BCUT2D eigenvalue weighted by Crippen LogP contribution is -2.55. The summed E-state index contributed by atoms with van der Waals surface area (Å²) in [6.07, 6.45) is 3.20. The van der Waals surface area contributed by atoms with Crippen LogP contribution < -0.4 is 20.7 Å². The summed E-state index contributed by atoms with van der Waals surface area (Å²) in [4.78, 5) is 72.1. The minimum atomic E-state index is -4.79. The molecule has 3 N–H and O–H groups in total. The van der Waals surface area contributed by atoms with Gasteiger partial charge < -0.3 is 44.5 Å². The zero-order chi connectivity index (χ0) is 55.4. The third kappa shape index (κ3) is 14.5. The molecule has 9 rings (SSSR count). The molecule has 3 aromatic carbocycles. The number of carbonyl (C=O) groups is 4. The van der Waals surface area contributed by atoms with E-state index in [1.54, 1.807) is 67.1 Å². The van der Waals surface area contributed by atoms with E-state index in [0.29, 0.717) is 80.9 Å². The van der Waals surface area contributed by atoms with E-state index >= 15 is 0 Å². The highest BCUT2D eigenvalue weighted by atomic mass is 32.1. The van der Waals surface area contributed by atoms with Crippen LogP contribution >= 0.6 is 22.7 Å². The Morgan fingerprint density at radius 1 is 0.797 bits per heavy atom. The van der Waals surface area contributed by atoms with Gasteiger partial charge in [-0.25, -0.2) is 9.97 Å². The van der Waals surface area contributed by atoms with E-state index in [0.717, 1.165) is 74.3 Å². The molecular weight excluding hydrogens is 1060 g/mol. The number of ether oxygens (including phenoxy) is 3. The van der Waals surface area contributed by atoms with Gasteiger partial charge in [0.05, 0.1) is 44.2 Å². The number of aromatic nitrogens is 4. The van der Waals surface area contributed by atoms with Gasteiger partial charge in [-0.2, -0.15) is 18.2 Å². The van der Waals surface area contributed by atoms with Crippen molar-refractivity contribution in [1.82, 2.24) is 45.9 Å². The zero-order valence-corrected chi connectivity index (χ0v) is 45.9. The van der Waals surface area contributed by atoms with Gasteiger partial charge in [0.2, 0.25) is 23.4 Å². The van der Waals surface area contributed by atoms with Gasteiger partial charge in [-0.05, 0) is 95.8 Å². The maximum atomic E-state index is 14.2. The van der Waals surface area contributed by atoms with Gasteiger partial charge in [0.25, 0.3) is 5.91 Å². The van der Waals surface area contributed by atoms with Crippen LogP contribution in [0.1, 0.15) is 113 Å². The van der Waals surface area contributed by atoms with Gasteiger partial charge in [0.15, 0.2) is 0 Å². The minimum absolute atomic E-state index is 0.0736. The predicted molar refractivity (Wildman–Crippen MR) is 292 cm³/mol. The fourth-order valence-corrected chi connectivity index (χ4v) is 12.4. The molecule has 79 heavy (non-hydrogen) atoms. The van der Waals surface area contributed by atoms with Crippen LogP contribution in [-0.2, 0) is 30.7 Å². The Morgan fingerprint density at radius 3 is 2.29 bits per heavy atom. The largest absolute Gasteiger partial charge is 0.491 e. The molecule has 0 unspecified atom stereocenters. The standard InChI is InChI=1S/C57H66F3N9O8S2/c1-37(61-2)50(71)65-47(39-14-7-4-8-15-39)53(73)69-23-11-20-46(69)52-63-45(35-78-52)48(70)40-16-10-19-43(33-40)76-31-30-75-29-28-74-27-26-68-24-21-56(22-25-68,55-64-44(34-79-55)38-12-5-3-6-13-38)36-62-51(72)42-18-9-17-41(32-42)49-66-54(77-67-49)57(58,59)60/h3,5-6,9-10,12-13,16-19,32-35,37,39,46-47,61H,4,7-8,11,14-15,20-31,36H2,1-2H3,(H,62,72)(H,65,71)/t37-,46-,47-/m0/s1. The highest BCUT2D eigenvalue weighted by Crippen LogP contribution is 2.40. The van der Waals surface area contributed by atoms with Crippen molar-refractivity contribution in [2.45, 2.75) is 94.4 Å². The number of halogens is 3.